The van der Waals surface area contributed by atoms with E-state index in [0.717, 1.165) is 11.8 Å². The first kappa shape index (κ1) is 7.15. The van der Waals surface area contributed by atoms with Gasteiger partial charge in [-0.1, -0.05) is 30.2 Å². The average Bonchev–Trinajstić information content (AvgIpc) is 2.06. The molecule has 0 saturated heterocycles. The van der Waals surface area contributed by atoms with E-state index in [9.17, 15) is 0 Å². The summed E-state index contributed by atoms with van der Waals surface area (Å²) in [7, 11) is 0. The molecule has 0 spiro atoms. The van der Waals surface area contributed by atoms with Crippen molar-refractivity contribution >= 4 is 0 Å². The molecule has 2 unspecified atom stereocenters. The van der Waals surface area contributed by atoms with Crippen LogP contribution in [0, 0.1) is 11.8 Å². The van der Waals surface area contributed by atoms with Crippen molar-refractivity contribution in [2.75, 3.05) is 0 Å². The van der Waals surface area contributed by atoms with Crippen LogP contribution < -0.4 is 0 Å². The van der Waals surface area contributed by atoms with Gasteiger partial charge in [0, 0.05) is 0 Å². The maximum absolute atomic E-state index is 2.42. The van der Waals surface area contributed by atoms with Crippen LogP contribution in [-0.4, -0.2) is 0 Å². The number of allylic oxidation sites excluding steroid dienone is 4. The van der Waals surface area contributed by atoms with Crippen LogP contribution in [0.5, 0.6) is 0 Å². The van der Waals surface area contributed by atoms with Crippen molar-refractivity contribution in [1.82, 2.24) is 0 Å². The molecule has 0 radical (unpaired) electrons. The fraction of sp³-hybridized carbons (Fsp3) is 0.636. The zero-order valence-corrected chi connectivity index (χ0v) is 7.43. The van der Waals surface area contributed by atoms with E-state index in [1.54, 1.807) is 11.1 Å². The van der Waals surface area contributed by atoms with Crippen molar-refractivity contribution in [1.29, 1.82) is 0 Å². The van der Waals surface area contributed by atoms with Gasteiger partial charge in [-0.25, -0.2) is 0 Å². The van der Waals surface area contributed by atoms with Crippen LogP contribution in [0.3, 0.4) is 0 Å². The number of fused-ring (bicyclic) bond motifs is 1. The Hall–Kier alpha value is -0.520. The van der Waals surface area contributed by atoms with Crippen LogP contribution in [0.2, 0.25) is 0 Å². The highest BCUT2D eigenvalue weighted by Gasteiger charge is 2.27. The van der Waals surface area contributed by atoms with Crippen LogP contribution in [0.1, 0.15) is 33.1 Å². The standard InChI is InChI=1S/C11H16/c1-3-11-8(2)9-4-6-10(11)7-5-9/h4,6,9-10H,3,5,7H2,1-2H3. The van der Waals surface area contributed by atoms with E-state index >= 15 is 0 Å². The fourth-order valence-electron chi connectivity index (χ4n) is 2.54. The molecule has 0 aromatic rings. The molecular weight excluding hydrogens is 132 g/mol. The van der Waals surface area contributed by atoms with Crippen molar-refractivity contribution < 1.29 is 0 Å². The zero-order chi connectivity index (χ0) is 7.84. The van der Waals surface area contributed by atoms with E-state index < -0.39 is 0 Å². The monoisotopic (exact) mass is 148 g/mol. The highest BCUT2D eigenvalue weighted by molar-refractivity contribution is 5.32. The molecule has 0 amide bonds. The fourth-order valence-corrected chi connectivity index (χ4v) is 2.54. The molecular formula is C11H16. The predicted molar refractivity (Wildman–Crippen MR) is 48.3 cm³/mol. The van der Waals surface area contributed by atoms with Gasteiger partial charge in [0.1, 0.15) is 0 Å². The van der Waals surface area contributed by atoms with Gasteiger partial charge in [0.2, 0.25) is 0 Å². The molecule has 3 rings (SSSR count). The van der Waals surface area contributed by atoms with Gasteiger partial charge in [0.25, 0.3) is 0 Å². The summed E-state index contributed by atoms with van der Waals surface area (Å²) in [5.74, 6) is 1.61. The third kappa shape index (κ3) is 0.962. The minimum Gasteiger partial charge on any atom is -0.0807 e. The van der Waals surface area contributed by atoms with Crippen LogP contribution in [-0.2, 0) is 0 Å². The van der Waals surface area contributed by atoms with Crippen LogP contribution in [0.4, 0.5) is 0 Å². The van der Waals surface area contributed by atoms with Crippen molar-refractivity contribution in [3.8, 4) is 0 Å². The molecule has 0 nitrogen and oxygen atoms in total. The Morgan fingerprint density at radius 1 is 1.27 bits per heavy atom. The molecule has 3 aliphatic carbocycles. The molecule has 0 heteroatoms. The predicted octanol–water partition coefficient (Wildman–Crippen LogP) is 3.31. The van der Waals surface area contributed by atoms with Crippen molar-refractivity contribution in [2.45, 2.75) is 33.1 Å². The lowest BCUT2D eigenvalue weighted by atomic mass is 9.71. The number of rotatable bonds is 1. The van der Waals surface area contributed by atoms with Crippen molar-refractivity contribution in [3.05, 3.63) is 23.3 Å². The maximum atomic E-state index is 2.42. The third-order valence-electron chi connectivity index (χ3n) is 3.26. The second kappa shape index (κ2) is 2.51. The lowest BCUT2D eigenvalue weighted by Gasteiger charge is -2.34. The lowest BCUT2D eigenvalue weighted by molar-refractivity contribution is 0.471. The summed E-state index contributed by atoms with van der Waals surface area (Å²) in [4.78, 5) is 0. The van der Waals surface area contributed by atoms with E-state index in [-0.39, 0.29) is 0 Å². The Bertz CT molecular complexity index is 220. The Kier molecular flexibility index (Phi) is 1.63. The minimum absolute atomic E-state index is 0.801. The smallest absolute Gasteiger partial charge is 0.00201 e. The summed E-state index contributed by atoms with van der Waals surface area (Å²) in [6, 6.07) is 0. The SMILES string of the molecule is CCC1=C(C)C2C=CC1CC2. The molecule has 0 saturated carbocycles. The van der Waals surface area contributed by atoms with Crippen LogP contribution in [0.15, 0.2) is 23.3 Å². The van der Waals surface area contributed by atoms with E-state index in [1.807, 2.05) is 0 Å². The summed E-state index contributed by atoms with van der Waals surface area (Å²) < 4.78 is 0. The zero-order valence-electron chi connectivity index (χ0n) is 7.43. The van der Waals surface area contributed by atoms with Gasteiger partial charge in [-0.2, -0.15) is 0 Å². The first-order valence-electron chi connectivity index (χ1n) is 4.70. The quantitative estimate of drug-likeness (QED) is 0.500. The van der Waals surface area contributed by atoms with E-state index in [2.05, 4.69) is 26.0 Å². The van der Waals surface area contributed by atoms with Crippen molar-refractivity contribution in [2.24, 2.45) is 11.8 Å². The summed E-state index contributed by atoms with van der Waals surface area (Å²) in [5.41, 5.74) is 3.40. The molecule has 0 heterocycles. The third-order valence-corrected chi connectivity index (χ3v) is 3.26. The van der Waals surface area contributed by atoms with Gasteiger partial charge in [-0.05, 0) is 38.0 Å². The van der Waals surface area contributed by atoms with Gasteiger partial charge in [0.05, 0.1) is 0 Å². The van der Waals surface area contributed by atoms with Gasteiger partial charge < -0.3 is 0 Å². The summed E-state index contributed by atoms with van der Waals surface area (Å²) >= 11 is 0. The van der Waals surface area contributed by atoms with E-state index in [0.29, 0.717) is 0 Å². The van der Waals surface area contributed by atoms with Gasteiger partial charge in [0.15, 0.2) is 0 Å². The Labute approximate surface area is 69.0 Å². The average molecular weight is 148 g/mol. The minimum atomic E-state index is 0.801. The molecule has 0 aromatic heterocycles. The molecule has 2 atom stereocenters. The first-order chi connectivity index (χ1) is 5.33. The Morgan fingerprint density at radius 2 is 1.91 bits per heavy atom. The molecule has 11 heavy (non-hydrogen) atoms. The molecule has 60 valence electrons. The lowest BCUT2D eigenvalue weighted by Crippen LogP contribution is -2.20. The van der Waals surface area contributed by atoms with Crippen LogP contribution in [0.25, 0.3) is 0 Å². The van der Waals surface area contributed by atoms with Gasteiger partial charge >= 0.3 is 0 Å². The summed E-state index contributed by atoms with van der Waals surface area (Å²) in [5, 5.41) is 0. The van der Waals surface area contributed by atoms with Crippen molar-refractivity contribution in [3.63, 3.8) is 0 Å². The second-order valence-corrected chi connectivity index (χ2v) is 3.74. The molecule has 0 aliphatic heterocycles. The number of hydrogen-bond acceptors (Lipinski definition) is 0. The highest BCUT2D eigenvalue weighted by atomic mass is 14.3. The largest absolute Gasteiger partial charge is 0.0807 e. The topological polar surface area (TPSA) is 0 Å². The Morgan fingerprint density at radius 3 is 2.27 bits per heavy atom. The first-order valence-corrected chi connectivity index (χ1v) is 4.70. The molecule has 0 aromatic carbocycles. The van der Waals surface area contributed by atoms with E-state index in [1.165, 1.54) is 19.3 Å². The maximum Gasteiger partial charge on any atom is -0.00201 e. The van der Waals surface area contributed by atoms with Gasteiger partial charge in [-0.15, -0.1) is 0 Å². The Balaban J connectivity index is 2.36. The van der Waals surface area contributed by atoms with Crippen LogP contribution >= 0.6 is 0 Å². The summed E-state index contributed by atoms with van der Waals surface area (Å²) in [6.45, 7) is 4.60. The molecule has 0 fully saturated rings. The second-order valence-electron chi connectivity index (χ2n) is 3.74. The molecule has 2 bridgehead atoms. The summed E-state index contributed by atoms with van der Waals surface area (Å²) in [6.07, 6.45) is 8.89. The highest BCUT2D eigenvalue weighted by Crippen LogP contribution is 2.41. The number of hydrogen-bond donors (Lipinski definition) is 0. The van der Waals surface area contributed by atoms with Gasteiger partial charge in [-0.3, -0.25) is 0 Å². The molecule has 0 N–H and O–H groups in total. The molecule has 3 aliphatic rings. The van der Waals surface area contributed by atoms with E-state index in [4.69, 9.17) is 0 Å². The normalized spacial score (nSPS) is 35.1.